The lowest BCUT2D eigenvalue weighted by Crippen LogP contribution is -2.11. The summed E-state index contributed by atoms with van der Waals surface area (Å²) in [6.07, 6.45) is 4.20. The molecule has 2 rings (SSSR count). The summed E-state index contributed by atoms with van der Waals surface area (Å²) in [6, 6.07) is 9.35. The summed E-state index contributed by atoms with van der Waals surface area (Å²) >= 11 is 0. The SMILES string of the molecule is CC1CCCC1c1ccc(C(C)(C)C)cc1. The van der Waals surface area contributed by atoms with Crippen LogP contribution in [0.25, 0.3) is 0 Å². The molecule has 0 nitrogen and oxygen atoms in total. The Morgan fingerprint density at radius 1 is 1.00 bits per heavy atom. The molecule has 0 heterocycles. The highest BCUT2D eigenvalue weighted by Gasteiger charge is 2.25. The Bertz CT molecular complexity index is 339. The van der Waals surface area contributed by atoms with E-state index in [9.17, 15) is 0 Å². The molecule has 0 bridgehead atoms. The minimum absolute atomic E-state index is 0.278. The van der Waals surface area contributed by atoms with E-state index in [0.717, 1.165) is 11.8 Å². The Labute approximate surface area is 100 Å². The summed E-state index contributed by atoms with van der Waals surface area (Å²) in [5.41, 5.74) is 3.28. The molecule has 0 N–H and O–H groups in total. The molecule has 1 aliphatic rings. The summed E-state index contributed by atoms with van der Waals surface area (Å²) in [6.45, 7) is 9.23. The van der Waals surface area contributed by atoms with Crippen LogP contribution in [0.1, 0.15) is 64.0 Å². The average molecular weight is 216 g/mol. The van der Waals surface area contributed by atoms with Gasteiger partial charge in [-0.15, -0.1) is 0 Å². The van der Waals surface area contributed by atoms with E-state index in [4.69, 9.17) is 0 Å². The van der Waals surface area contributed by atoms with E-state index in [2.05, 4.69) is 52.0 Å². The van der Waals surface area contributed by atoms with Gasteiger partial charge in [0.15, 0.2) is 0 Å². The second kappa shape index (κ2) is 4.24. The molecular formula is C16H24. The minimum Gasteiger partial charge on any atom is -0.0619 e. The molecule has 0 amide bonds. The summed E-state index contributed by atoms with van der Waals surface area (Å²) < 4.78 is 0. The van der Waals surface area contributed by atoms with Crippen LogP contribution >= 0.6 is 0 Å². The van der Waals surface area contributed by atoms with E-state index in [1.165, 1.54) is 24.8 Å². The van der Waals surface area contributed by atoms with E-state index in [-0.39, 0.29) is 5.41 Å². The van der Waals surface area contributed by atoms with Gasteiger partial charge in [0, 0.05) is 0 Å². The first-order valence-electron chi connectivity index (χ1n) is 6.59. The zero-order valence-corrected chi connectivity index (χ0v) is 11.1. The zero-order chi connectivity index (χ0) is 11.8. The Morgan fingerprint density at radius 2 is 1.62 bits per heavy atom. The van der Waals surface area contributed by atoms with Crippen LogP contribution in [-0.4, -0.2) is 0 Å². The van der Waals surface area contributed by atoms with Crippen molar-refractivity contribution in [3.8, 4) is 0 Å². The first-order valence-corrected chi connectivity index (χ1v) is 6.59. The molecule has 16 heavy (non-hydrogen) atoms. The maximum Gasteiger partial charge on any atom is -0.0132 e. The molecule has 1 fully saturated rings. The highest BCUT2D eigenvalue weighted by molar-refractivity contribution is 5.30. The van der Waals surface area contributed by atoms with E-state index in [1.54, 1.807) is 5.56 Å². The van der Waals surface area contributed by atoms with Crippen molar-refractivity contribution < 1.29 is 0 Å². The van der Waals surface area contributed by atoms with Crippen molar-refractivity contribution in [1.29, 1.82) is 0 Å². The molecule has 0 radical (unpaired) electrons. The molecule has 1 saturated carbocycles. The molecule has 1 aromatic carbocycles. The van der Waals surface area contributed by atoms with Crippen molar-refractivity contribution in [2.45, 2.75) is 58.3 Å². The van der Waals surface area contributed by atoms with Crippen molar-refractivity contribution in [2.24, 2.45) is 5.92 Å². The third kappa shape index (κ3) is 2.31. The van der Waals surface area contributed by atoms with Crippen molar-refractivity contribution >= 4 is 0 Å². The second-order valence-corrected chi connectivity index (χ2v) is 6.39. The Hall–Kier alpha value is -0.780. The van der Waals surface area contributed by atoms with Gasteiger partial charge in [0.2, 0.25) is 0 Å². The second-order valence-electron chi connectivity index (χ2n) is 6.39. The van der Waals surface area contributed by atoms with Gasteiger partial charge in [-0.3, -0.25) is 0 Å². The summed E-state index contributed by atoms with van der Waals surface area (Å²) in [5, 5.41) is 0. The van der Waals surface area contributed by atoms with Crippen LogP contribution in [0.3, 0.4) is 0 Å². The van der Waals surface area contributed by atoms with Crippen LogP contribution in [0.2, 0.25) is 0 Å². The molecule has 0 saturated heterocycles. The van der Waals surface area contributed by atoms with Gasteiger partial charge in [0.05, 0.1) is 0 Å². The van der Waals surface area contributed by atoms with Crippen LogP contribution in [-0.2, 0) is 5.41 Å². The van der Waals surface area contributed by atoms with Crippen LogP contribution in [0.5, 0.6) is 0 Å². The molecule has 88 valence electrons. The largest absolute Gasteiger partial charge is 0.0619 e. The van der Waals surface area contributed by atoms with Crippen molar-refractivity contribution in [2.75, 3.05) is 0 Å². The Balaban J connectivity index is 2.19. The molecule has 0 aliphatic heterocycles. The normalized spacial score (nSPS) is 26.0. The van der Waals surface area contributed by atoms with Gasteiger partial charge in [-0.1, -0.05) is 64.8 Å². The summed E-state index contributed by atoms with van der Waals surface area (Å²) in [7, 11) is 0. The highest BCUT2D eigenvalue weighted by Crippen LogP contribution is 2.39. The predicted octanol–water partition coefficient (Wildman–Crippen LogP) is 4.89. The zero-order valence-electron chi connectivity index (χ0n) is 11.1. The lowest BCUT2D eigenvalue weighted by atomic mass is 9.84. The number of hydrogen-bond donors (Lipinski definition) is 0. The van der Waals surface area contributed by atoms with E-state index in [0.29, 0.717) is 0 Å². The summed E-state index contributed by atoms with van der Waals surface area (Å²) in [4.78, 5) is 0. The van der Waals surface area contributed by atoms with E-state index in [1.807, 2.05) is 0 Å². The molecule has 0 heteroatoms. The molecule has 1 aromatic rings. The van der Waals surface area contributed by atoms with Crippen LogP contribution in [0, 0.1) is 5.92 Å². The first-order chi connectivity index (χ1) is 7.48. The fourth-order valence-corrected chi connectivity index (χ4v) is 2.87. The third-order valence-corrected chi connectivity index (χ3v) is 4.07. The maximum absolute atomic E-state index is 2.40. The lowest BCUT2D eigenvalue weighted by Gasteiger charge is -2.21. The van der Waals surface area contributed by atoms with Crippen LogP contribution in [0.15, 0.2) is 24.3 Å². The fourth-order valence-electron chi connectivity index (χ4n) is 2.87. The molecule has 0 aromatic heterocycles. The monoisotopic (exact) mass is 216 g/mol. The first kappa shape index (κ1) is 11.7. The van der Waals surface area contributed by atoms with Gasteiger partial charge in [-0.2, -0.15) is 0 Å². The van der Waals surface area contributed by atoms with E-state index < -0.39 is 0 Å². The Kier molecular flexibility index (Phi) is 3.10. The molecule has 2 unspecified atom stereocenters. The minimum atomic E-state index is 0.278. The smallest absolute Gasteiger partial charge is 0.0132 e. The van der Waals surface area contributed by atoms with Crippen molar-refractivity contribution in [1.82, 2.24) is 0 Å². The van der Waals surface area contributed by atoms with Gasteiger partial charge >= 0.3 is 0 Å². The number of benzene rings is 1. The molecular weight excluding hydrogens is 192 g/mol. The summed E-state index contributed by atoms with van der Waals surface area (Å²) in [5.74, 6) is 1.69. The maximum atomic E-state index is 2.40. The highest BCUT2D eigenvalue weighted by atomic mass is 14.3. The van der Waals surface area contributed by atoms with Gasteiger partial charge in [-0.05, 0) is 34.8 Å². The van der Waals surface area contributed by atoms with Gasteiger partial charge in [-0.25, -0.2) is 0 Å². The van der Waals surface area contributed by atoms with Gasteiger partial charge in [0.1, 0.15) is 0 Å². The Morgan fingerprint density at radius 3 is 2.06 bits per heavy atom. The third-order valence-electron chi connectivity index (χ3n) is 4.07. The quantitative estimate of drug-likeness (QED) is 0.627. The van der Waals surface area contributed by atoms with E-state index >= 15 is 0 Å². The van der Waals surface area contributed by atoms with Crippen LogP contribution in [0.4, 0.5) is 0 Å². The fraction of sp³-hybridized carbons (Fsp3) is 0.625. The van der Waals surface area contributed by atoms with Crippen molar-refractivity contribution in [3.05, 3.63) is 35.4 Å². The van der Waals surface area contributed by atoms with Crippen molar-refractivity contribution in [3.63, 3.8) is 0 Å². The van der Waals surface area contributed by atoms with Gasteiger partial charge < -0.3 is 0 Å². The van der Waals surface area contributed by atoms with Crippen LogP contribution < -0.4 is 0 Å². The average Bonchev–Trinajstić information content (AvgIpc) is 2.63. The standard InChI is InChI=1S/C16H24/c1-12-6-5-7-15(12)13-8-10-14(11-9-13)16(2,3)4/h8-12,15H,5-7H2,1-4H3. The van der Waals surface area contributed by atoms with Gasteiger partial charge in [0.25, 0.3) is 0 Å². The molecule has 1 aliphatic carbocycles. The number of hydrogen-bond acceptors (Lipinski definition) is 0. The lowest BCUT2D eigenvalue weighted by molar-refractivity contribution is 0.532. The molecule has 0 spiro atoms. The topological polar surface area (TPSA) is 0 Å². The molecule has 2 atom stereocenters. The number of rotatable bonds is 1. The predicted molar refractivity (Wildman–Crippen MR) is 70.9 cm³/mol.